The first-order chi connectivity index (χ1) is 7.49. The standard InChI is InChI=1S/C13H16N2O/c1-9-5-6-12(11(3)10(9)2)15(4)13(16)7-8-14/h5-6H,7H2,1-4H3. The second-order valence-corrected chi connectivity index (χ2v) is 3.94. The molecule has 1 aromatic carbocycles. The highest BCUT2D eigenvalue weighted by Crippen LogP contribution is 2.24. The van der Waals surface area contributed by atoms with Gasteiger partial charge in [0.2, 0.25) is 5.91 Å². The van der Waals surface area contributed by atoms with E-state index in [1.165, 1.54) is 11.1 Å². The molecule has 0 aromatic heterocycles. The van der Waals surface area contributed by atoms with Crippen LogP contribution in [-0.4, -0.2) is 13.0 Å². The Morgan fingerprint density at radius 2 is 1.94 bits per heavy atom. The van der Waals surface area contributed by atoms with Crippen LogP contribution in [0.4, 0.5) is 5.69 Å². The molecule has 0 radical (unpaired) electrons. The molecule has 84 valence electrons. The predicted molar refractivity (Wildman–Crippen MR) is 64.3 cm³/mol. The predicted octanol–water partition coefficient (Wildman–Crippen LogP) is 2.49. The highest BCUT2D eigenvalue weighted by molar-refractivity contribution is 5.94. The molecule has 0 unspecified atom stereocenters. The average Bonchev–Trinajstić information content (AvgIpc) is 2.26. The summed E-state index contributed by atoms with van der Waals surface area (Å²) in [6.07, 6.45) is -0.0805. The molecule has 0 aliphatic rings. The van der Waals surface area contributed by atoms with Crippen molar-refractivity contribution >= 4 is 11.6 Å². The molecular weight excluding hydrogens is 200 g/mol. The first-order valence-corrected chi connectivity index (χ1v) is 5.19. The maximum atomic E-state index is 11.6. The monoisotopic (exact) mass is 216 g/mol. The van der Waals surface area contributed by atoms with Gasteiger partial charge in [0.05, 0.1) is 6.07 Å². The summed E-state index contributed by atoms with van der Waals surface area (Å²) in [7, 11) is 1.71. The third-order valence-corrected chi connectivity index (χ3v) is 3.00. The molecule has 1 amide bonds. The number of benzene rings is 1. The van der Waals surface area contributed by atoms with Gasteiger partial charge in [0.25, 0.3) is 0 Å². The number of anilines is 1. The van der Waals surface area contributed by atoms with Crippen LogP contribution in [0.3, 0.4) is 0 Å². The quantitative estimate of drug-likeness (QED) is 0.762. The molecule has 0 aliphatic heterocycles. The van der Waals surface area contributed by atoms with E-state index in [9.17, 15) is 4.79 Å². The number of hydrogen-bond donors (Lipinski definition) is 0. The highest BCUT2D eigenvalue weighted by Gasteiger charge is 2.13. The molecule has 1 rings (SSSR count). The van der Waals surface area contributed by atoms with Gasteiger partial charge in [-0.1, -0.05) is 6.07 Å². The van der Waals surface area contributed by atoms with Crippen molar-refractivity contribution in [3.05, 3.63) is 28.8 Å². The molecule has 3 nitrogen and oxygen atoms in total. The molecule has 0 spiro atoms. The summed E-state index contributed by atoms with van der Waals surface area (Å²) in [6, 6.07) is 5.79. The van der Waals surface area contributed by atoms with Crippen LogP contribution in [0, 0.1) is 32.1 Å². The first-order valence-electron chi connectivity index (χ1n) is 5.19. The van der Waals surface area contributed by atoms with E-state index in [1.807, 2.05) is 39.0 Å². The minimum absolute atomic E-state index is 0.0805. The lowest BCUT2D eigenvalue weighted by atomic mass is 10.0. The van der Waals surface area contributed by atoms with Crippen molar-refractivity contribution in [2.75, 3.05) is 11.9 Å². The molecule has 0 N–H and O–H groups in total. The smallest absolute Gasteiger partial charge is 0.240 e. The minimum atomic E-state index is -0.172. The molecule has 0 aliphatic carbocycles. The minimum Gasteiger partial charge on any atom is -0.314 e. The van der Waals surface area contributed by atoms with Crippen LogP contribution in [0.25, 0.3) is 0 Å². The van der Waals surface area contributed by atoms with Crippen molar-refractivity contribution in [3.63, 3.8) is 0 Å². The summed E-state index contributed by atoms with van der Waals surface area (Å²) >= 11 is 0. The van der Waals surface area contributed by atoms with Crippen molar-refractivity contribution in [2.45, 2.75) is 27.2 Å². The number of carbonyl (C=O) groups excluding carboxylic acids is 1. The fraction of sp³-hybridized carbons (Fsp3) is 0.385. The molecule has 0 bridgehead atoms. The Labute approximate surface area is 96.3 Å². The van der Waals surface area contributed by atoms with Gasteiger partial charge in [-0.3, -0.25) is 4.79 Å². The maximum Gasteiger partial charge on any atom is 0.240 e. The van der Waals surface area contributed by atoms with Crippen molar-refractivity contribution in [2.24, 2.45) is 0 Å². The first kappa shape index (κ1) is 12.3. The molecule has 16 heavy (non-hydrogen) atoms. The van der Waals surface area contributed by atoms with Gasteiger partial charge in [0.15, 0.2) is 0 Å². The van der Waals surface area contributed by atoms with Crippen LogP contribution in [0.1, 0.15) is 23.1 Å². The topological polar surface area (TPSA) is 44.1 Å². The van der Waals surface area contributed by atoms with Gasteiger partial charge < -0.3 is 4.90 Å². The van der Waals surface area contributed by atoms with Gasteiger partial charge in [-0.05, 0) is 43.5 Å². The fourth-order valence-electron chi connectivity index (χ4n) is 1.63. The van der Waals surface area contributed by atoms with E-state index in [-0.39, 0.29) is 12.3 Å². The average molecular weight is 216 g/mol. The van der Waals surface area contributed by atoms with Crippen LogP contribution in [0.2, 0.25) is 0 Å². The number of aryl methyl sites for hydroxylation is 1. The van der Waals surface area contributed by atoms with E-state index in [0.29, 0.717) is 0 Å². The number of amides is 1. The summed E-state index contributed by atoms with van der Waals surface area (Å²) in [6.45, 7) is 6.08. The van der Waals surface area contributed by atoms with E-state index < -0.39 is 0 Å². The van der Waals surface area contributed by atoms with Crippen molar-refractivity contribution in [1.29, 1.82) is 5.26 Å². The molecule has 0 fully saturated rings. The third-order valence-electron chi connectivity index (χ3n) is 3.00. The molecule has 0 saturated heterocycles. The second-order valence-electron chi connectivity index (χ2n) is 3.94. The van der Waals surface area contributed by atoms with Crippen LogP contribution >= 0.6 is 0 Å². The largest absolute Gasteiger partial charge is 0.314 e. The summed E-state index contributed by atoms with van der Waals surface area (Å²) in [5.74, 6) is -0.172. The SMILES string of the molecule is Cc1ccc(N(C)C(=O)CC#N)c(C)c1C. The Balaban J connectivity index is 3.11. The molecule has 0 saturated carbocycles. The Hall–Kier alpha value is -1.82. The Morgan fingerprint density at radius 1 is 1.31 bits per heavy atom. The lowest BCUT2D eigenvalue weighted by molar-refractivity contribution is -0.117. The molecule has 1 aromatic rings. The zero-order chi connectivity index (χ0) is 12.3. The van der Waals surface area contributed by atoms with E-state index in [0.717, 1.165) is 11.3 Å². The van der Waals surface area contributed by atoms with Gasteiger partial charge in [-0.2, -0.15) is 5.26 Å². The summed E-state index contributed by atoms with van der Waals surface area (Å²) in [4.78, 5) is 13.1. The molecule has 3 heteroatoms. The zero-order valence-corrected chi connectivity index (χ0v) is 10.2. The van der Waals surface area contributed by atoms with Crippen molar-refractivity contribution < 1.29 is 4.79 Å². The number of hydrogen-bond acceptors (Lipinski definition) is 2. The van der Waals surface area contributed by atoms with Crippen LogP contribution < -0.4 is 4.90 Å². The fourth-order valence-corrected chi connectivity index (χ4v) is 1.63. The Kier molecular flexibility index (Phi) is 3.68. The van der Waals surface area contributed by atoms with E-state index in [2.05, 4.69) is 0 Å². The van der Waals surface area contributed by atoms with Gasteiger partial charge in [0.1, 0.15) is 6.42 Å². The Morgan fingerprint density at radius 3 is 2.50 bits per heavy atom. The lowest BCUT2D eigenvalue weighted by Crippen LogP contribution is -2.26. The van der Waals surface area contributed by atoms with Gasteiger partial charge >= 0.3 is 0 Å². The van der Waals surface area contributed by atoms with Gasteiger partial charge in [-0.15, -0.1) is 0 Å². The molecule has 0 heterocycles. The third kappa shape index (κ3) is 2.22. The number of rotatable bonds is 2. The van der Waals surface area contributed by atoms with Gasteiger partial charge in [-0.25, -0.2) is 0 Å². The van der Waals surface area contributed by atoms with Crippen molar-refractivity contribution in [3.8, 4) is 6.07 Å². The van der Waals surface area contributed by atoms with E-state index in [1.54, 1.807) is 11.9 Å². The van der Waals surface area contributed by atoms with Crippen LogP contribution in [-0.2, 0) is 4.79 Å². The summed E-state index contributed by atoms with van der Waals surface area (Å²) in [5, 5.41) is 8.50. The molecular formula is C13H16N2O. The summed E-state index contributed by atoms with van der Waals surface area (Å²) < 4.78 is 0. The van der Waals surface area contributed by atoms with E-state index in [4.69, 9.17) is 5.26 Å². The lowest BCUT2D eigenvalue weighted by Gasteiger charge is -2.20. The Bertz CT molecular complexity index is 458. The van der Waals surface area contributed by atoms with Crippen LogP contribution in [0.15, 0.2) is 12.1 Å². The van der Waals surface area contributed by atoms with Crippen LogP contribution in [0.5, 0.6) is 0 Å². The normalized spacial score (nSPS) is 9.69. The van der Waals surface area contributed by atoms with E-state index >= 15 is 0 Å². The number of nitriles is 1. The second kappa shape index (κ2) is 4.80. The zero-order valence-electron chi connectivity index (χ0n) is 10.2. The highest BCUT2D eigenvalue weighted by atomic mass is 16.2. The number of nitrogens with zero attached hydrogens (tertiary/aromatic N) is 2. The summed E-state index contributed by atoms with van der Waals surface area (Å²) in [5.41, 5.74) is 4.37. The maximum absolute atomic E-state index is 11.6. The van der Waals surface area contributed by atoms with Crippen molar-refractivity contribution in [1.82, 2.24) is 0 Å². The number of carbonyl (C=O) groups is 1. The van der Waals surface area contributed by atoms with Gasteiger partial charge in [0, 0.05) is 12.7 Å². The molecule has 0 atom stereocenters.